The van der Waals surface area contributed by atoms with E-state index in [0.29, 0.717) is 0 Å². The molecular weight excluding hydrogens is 428 g/mol. The number of amides is 2. The zero-order valence-electron chi connectivity index (χ0n) is 17.9. The Labute approximate surface area is 188 Å². The van der Waals surface area contributed by atoms with Crippen LogP contribution in [0.1, 0.15) is 56.0 Å². The molecule has 1 aliphatic heterocycles. The highest BCUT2D eigenvalue weighted by molar-refractivity contribution is 6.30. The molecule has 9 nitrogen and oxygen atoms in total. The Hall–Kier alpha value is -4.27. The summed E-state index contributed by atoms with van der Waals surface area (Å²) >= 11 is 0. The van der Waals surface area contributed by atoms with Crippen LogP contribution in [0.3, 0.4) is 0 Å². The zero-order chi connectivity index (χ0) is 23.7. The van der Waals surface area contributed by atoms with Crippen molar-refractivity contribution in [3.63, 3.8) is 0 Å². The molecule has 1 heterocycles. The number of ketones is 2. The molecule has 2 N–H and O–H groups in total. The van der Waals surface area contributed by atoms with Gasteiger partial charge in [0, 0.05) is 22.3 Å². The molecule has 0 saturated carbocycles. The molecule has 9 heteroatoms. The minimum Gasteiger partial charge on any atom is -0.463 e. The van der Waals surface area contributed by atoms with Crippen LogP contribution in [0.15, 0.2) is 53.7 Å². The predicted octanol–water partition coefficient (Wildman–Crippen LogP) is 2.14. The Bertz CT molecular complexity index is 1250. The first kappa shape index (κ1) is 21.9. The van der Waals surface area contributed by atoms with Crippen LogP contribution in [-0.4, -0.2) is 48.8 Å². The van der Waals surface area contributed by atoms with Gasteiger partial charge in [-0.05, 0) is 19.9 Å². The Kier molecular flexibility index (Phi) is 5.78. The number of nitrogens with one attached hydrogen (secondary N) is 2. The van der Waals surface area contributed by atoms with Crippen LogP contribution in [-0.2, 0) is 14.3 Å². The monoisotopic (exact) mass is 448 g/mol. The average molecular weight is 448 g/mol. The molecule has 33 heavy (non-hydrogen) atoms. The molecule has 0 unspecified atom stereocenters. The van der Waals surface area contributed by atoms with Crippen LogP contribution in [0, 0.1) is 0 Å². The van der Waals surface area contributed by atoms with Gasteiger partial charge in [-0.2, -0.15) is 0 Å². The smallest absolute Gasteiger partial charge is 0.339 e. The lowest BCUT2D eigenvalue weighted by Gasteiger charge is -2.26. The molecule has 0 radical (unpaired) electrons. The molecule has 0 aromatic heterocycles. The third-order valence-electron chi connectivity index (χ3n) is 5.39. The third-order valence-corrected chi connectivity index (χ3v) is 5.39. The Morgan fingerprint density at radius 2 is 1.55 bits per heavy atom. The normalized spacial score (nSPS) is 16.9. The van der Waals surface area contributed by atoms with Crippen LogP contribution >= 0.6 is 0 Å². The van der Waals surface area contributed by atoms with E-state index in [4.69, 9.17) is 9.47 Å². The number of fused-ring (bicyclic) bond motifs is 2. The number of hydrogen-bond donors (Lipinski definition) is 2. The molecule has 0 saturated heterocycles. The van der Waals surface area contributed by atoms with Gasteiger partial charge < -0.3 is 20.1 Å². The number of rotatable bonds is 5. The highest BCUT2D eigenvalue weighted by atomic mass is 16.5. The van der Waals surface area contributed by atoms with Gasteiger partial charge >= 0.3 is 18.0 Å². The van der Waals surface area contributed by atoms with Crippen LogP contribution in [0.5, 0.6) is 0 Å². The van der Waals surface area contributed by atoms with E-state index in [1.807, 2.05) is 0 Å². The van der Waals surface area contributed by atoms with Crippen molar-refractivity contribution in [2.45, 2.75) is 19.9 Å². The lowest BCUT2D eigenvalue weighted by atomic mass is 9.82. The van der Waals surface area contributed by atoms with E-state index in [2.05, 4.69) is 10.6 Å². The summed E-state index contributed by atoms with van der Waals surface area (Å²) in [6.07, 6.45) is 0. The fourth-order valence-electron chi connectivity index (χ4n) is 3.92. The van der Waals surface area contributed by atoms with Gasteiger partial charge in [-0.3, -0.25) is 9.59 Å². The van der Waals surface area contributed by atoms with Crippen molar-refractivity contribution in [2.75, 3.05) is 13.2 Å². The second-order valence-corrected chi connectivity index (χ2v) is 7.44. The molecule has 2 amide bonds. The van der Waals surface area contributed by atoms with E-state index in [1.165, 1.54) is 24.3 Å². The molecular formula is C24H20N2O7. The van der Waals surface area contributed by atoms with Crippen molar-refractivity contribution in [1.82, 2.24) is 10.6 Å². The van der Waals surface area contributed by atoms with Crippen molar-refractivity contribution >= 4 is 29.5 Å². The van der Waals surface area contributed by atoms with Crippen LogP contribution in [0.25, 0.3) is 0 Å². The van der Waals surface area contributed by atoms with Gasteiger partial charge in [0.15, 0.2) is 11.6 Å². The van der Waals surface area contributed by atoms with Gasteiger partial charge in [0.25, 0.3) is 0 Å². The van der Waals surface area contributed by atoms with Crippen molar-refractivity contribution in [3.05, 3.63) is 81.6 Å². The quantitative estimate of drug-likeness (QED) is 0.572. The lowest BCUT2D eigenvalue weighted by molar-refractivity contribution is -0.139. The molecule has 0 spiro atoms. The number of carbonyl (C=O) groups is 5. The van der Waals surface area contributed by atoms with E-state index in [1.54, 1.807) is 32.0 Å². The summed E-state index contributed by atoms with van der Waals surface area (Å²) in [5.74, 6) is -2.34. The van der Waals surface area contributed by atoms with Gasteiger partial charge in [0.2, 0.25) is 0 Å². The first-order valence-electron chi connectivity index (χ1n) is 10.3. The molecule has 2 aromatic rings. The summed E-state index contributed by atoms with van der Waals surface area (Å²) in [7, 11) is 0. The summed E-state index contributed by atoms with van der Waals surface area (Å²) in [5.41, 5.74) is 0.692. The predicted molar refractivity (Wildman–Crippen MR) is 115 cm³/mol. The summed E-state index contributed by atoms with van der Waals surface area (Å²) in [6, 6.07) is 9.55. The zero-order valence-corrected chi connectivity index (χ0v) is 17.9. The Morgan fingerprint density at radius 3 is 2.24 bits per heavy atom. The molecule has 2 aromatic carbocycles. The highest BCUT2D eigenvalue weighted by Gasteiger charge is 2.34. The van der Waals surface area contributed by atoms with Crippen molar-refractivity contribution in [2.24, 2.45) is 0 Å². The van der Waals surface area contributed by atoms with E-state index < -0.39 is 36.4 Å². The Balaban J connectivity index is 1.65. The first-order valence-corrected chi connectivity index (χ1v) is 10.3. The van der Waals surface area contributed by atoms with Gasteiger partial charge in [-0.15, -0.1) is 0 Å². The van der Waals surface area contributed by atoms with Crippen molar-refractivity contribution in [3.8, 4) is 0 Å². The van der Waals surface area contributed by atoms with Gasteiger partial charge in [-0.25, -0.2) is 14.4 Å². The SMILES string of the molecule is CCOC(=O)C1=C(COC(=O)c2cccc3c2C(=O)c2ccccc2C3=O)NC(=O)N[C@H]1C. The molecule has 0 bridgehead atoms. The molecule has 0 fully saturated rings. The van der Waals surface area contributed by atoms with Crippen molar-refractivity contribution in [1.29, 1.82) is 0 Å². The molecule has 1 aliphatic carbocycles. The Morgan fingerprint density at radius 1 is 0.879 bits per heavy atom. The third kappa shape index (κ3) is 3.89. The second-order valence-electron chi connectivity index (χ2n) is 7.44. The maximum absolute atomic E-state index is 13.1. The summed E-state index contributed by atoms with van der Waals surface area (Å²) < 4.78 is 10.4. The maximum Gasteiger partial charge on any atom is 0.339 e. The molecule has 4 rings (SSSR count). The minimum absolute atomic E-state index is 0.0338. The van der Waals surface area contributed by atoms with E-state index >= 15 is 0 Å². The molecule has 1 atom stereocenters. The number of hydrogen-bond acceptors (Lipinski definition) is 7. The number of carbonyl (C=O) groups excluding carboxylic acids is 5. The second kappa shape index (κ2) is 8.70. The largest absolute Gasteiger partial charge is 0.463 e. The number of ether oxygens (including phenoxy) is 2. The fraction of sp³-hybridized carbons (Fsp3) is 0.208. The lowest BCUT2D eigenvalue weighted by Crippen LogP contribution is -2.50. The molecule has 2 aliphatic rings. The average Bonchev–Trinajstić information content (AvgIpc) is 2.80. The summed E-state index contributed by atoms with van der Waals surface area (Å²) in [4.78, 5) is 63.1. The van der Waals surface area contributed by atoms with Gasteiger partial charge in [0.05, 0.1) is 29.5 Å². The van der Waals surface area contributed by atoms with Crippen LogP contribution in [0.2, 0.25) is 0 Å². The van der Waals surface area contributed by atoms with E-state index in [0.717, 1.165) is 0 Å². The fourth-order valence-corrected chi connectivity index (χ4v) is 3.92. The van der Waals surface area contributed by atoms with Crippen LogP contribution < -0.4 is 10.6 Å². The number of benzene rings is 2. The maximum atomic E-state index is 13.1. The van der Waals surface area contributed by atoms with E-state index in [-0.39, 0.29) is 51.5 Å². The van der Waals surface area contributed by atoms with E-state index in [9.17, 15) is 24.0 Å². The number of urea groups is 1. The topological polar surface area (TPSA) is 128 Å². The molecule has 168 valence electrons. The van der Waals surface area contributed by atoms with Gasteiger partial charge in [0.1, 0.15) is 6.61 Å². The summed E-state index contributed by atoms with van der Waals surface area (Å²) in [6.45, 7) is 2.94. The number of esters is 2. The standard InChI is InChI=1S/C24H20N2O7/c1-3-32-23(30)18-12(2)25-24(31)26-17(18)11-33-22(29)16-10-6-9-15-19(16)21(28)14-8-5-4-7-13(14)20(15)27/h4-10,12H,3,11H2,1-2H3,(H2,25,26,31)/t12-/m0/s1. The highest BCUT2D eigenvalue weighted by Crippen LogP contribution is 2.30. The minimum atomic E-state index is -0.872. The van der Waals surface area contributed by atoms with Gasteiger partial charge in [-0.1, -0.05) is 36.4 Å². The summed E-state index contributed by atoms with van der Waals surface area (Å²) in [5, 5.41) is 5.01. The van der Waals surface area contributed by atoms with Crippen LogP contribution in [0.4, 0.5) is 4.79 Å². The first-order chi connectivity index (χ1) is 15.8. The van der Waals surface area contributed by atoms with Crippen molar-refractivity contribution < 1.29 is 33.4 Å².